The first-order valence-electron chi connectivity index (χ1n) is 7.28. The average molecular weight is 287 g/mol. The van der Waals surface area contributed by atoms with Crippen molar-refractivity contribution in [3.8, 4) is 0 Å². The van der Waals surface area contributed by atoms with E-state index < -0.39 is 0 Å². The van der Waals surface area contributed by atoms with Gasteiger partial charge in [0.05, 0.1) is 0 Å². The minimum atomic E-state index is 0.222. The number of thiophene rings is 1. The van der Waals surface area contributed by atoms with Crippen LogP contribution in [0.1, 0.15) is 62.7 Å². The highest BCUT2D eigenvalue weighted by atomic mass is 32.1. The third-order valence-corrected chi connectivity index (χ3v) is 4.80. The second-order valence-corrected chi connectivity index (χ2v) is 7.48. The molecule has 2 rings (SSSR count). The van der Waals surface area contributed by atoms with Crippen molar-refractivity contribution in [2.24, 2.45) is 0 Å². The second-order valence-electron chi connectivity index (χ2n) is 6.50. The lowest BCUT2D eigenvalue weighted by molar-refractivity contribution is 0.499. The normalized spacial score (nSPS) is 15.1. The van der Waals surface area contributed by atoms with Gasteiger partial charge in [-0.3, -0.25) is 0 Å². The van der Waals surface area contributed by atoms with E-state index in [9.17, 15) is 0 Å². The third kappa shape index (κ3) is 3.71. The Morgan fingerprint density at radius 1 is 0.950 bits per heavy atom. The quantitative estimate of drug-likeness (QED) is 0.787. The van der Waals surface area contributed by atoms with Gasteiger partial charge in [-0.1, -0.05) is 51.1 Å². The van der Waals surface area contributed by atoms with Gasteiger partial charge in [0.15, 0.2) is 0 Å². The molecular formula is C18H25NS. The predicted octanol–water partition coefficient (Wildman–Crippen LogP) is 5.46. The van der Waals surface area contributed by atoms with Crippen molar-refractivity contribution in [3.05, 3.63) is 57.8 Å². The van der Waals surface area contributed by atoms with Crippen LogP contribution in [0.15, 0.2) is 41.8 Å². The van der Waals surface area contributed by atoms with Gasteiger partial charge >= 0.3 is 0 Å². The molecule has 0 saturated carbocycles. The molecule has 1 nitrogen and oxygen atoms in total. The minimum Gasteiger partial charge on any atom is -0.303 e. The van der Waals surface area contributed by atoms with Crippen LogP contribution in [-0.2, 0) is 5.41 Å². The van der Waals surface area contributed by atoms with E-state index in [-0.39, 0.29) is 5.41 Å². The molecule has 0 fully saturated rings. The summed E-state index contributed by atoms with van der Waals surface area (Å²) >= 11 is 1.81. The maximum atomic E-state index is 3.67. The van der Waals surface area contributed by atoms with Crippen molar-refractivity contribution >= 4 is 11.3 Å². The number of rotatable bonds is 4. The molecule has 0 radical (unpaired) electrons. The Hall–Kier alpha value is -1.12. The minimum absolute atomic E-state index is 0.222. The van der Waals surface area contributed by atoms with Crippen LogP contribution in [0.2, 0.25) is 0 Å². The summed E-state index contributed by atoms with van der Waals surface area (Å²) in [5.41, 5.74) is 2.96. The Bertz CT molecular complexity index is 520. The highest BCUT2D eigenvalue weighted by Gasteiger charge is 2.15. The smallest absolute Gasteiger partial charge is 0.0391 e. The molecule has 1 N–H and O–H groups in total. The zero-order valence-corrected chi connectivity index (χ0v) is 13.9. The molecular weight excluding hydrogens is 262 g/mol. The molecule has 2 aromatic rings. The van der Waals surface area contributed by atoms with Gasteiger partial charge in [-0.15, -0.1) is 11.3 Å². The van der Waals surface area contributed by atoms with E-state index in [2.05, 4.69) is 81.7 Å². The molecule has 108 valence electrons. The number of hydrogen-bond acceptors (Lipinski definition) is 2. The van der Waals surface area contributed by atoms with Gasteiger partial charge < -0.3 is 5.32 Å². The van der Waals surface area contributed by atoms with E-state index in [0.29, 0.717) is 12.1 Å². The standard InChI is InChI=1S/C18H25NS/c1-13(19-14(2)17-7-6-12-20-17)15-8-10-16(11-9-15)18(3,4)5/h6-14,19H,1-5H3/t13?,14-/m1/s1. The van der Waals surface area contributed by atoms with Crippen LogP contribution in [0.4, 0.5) is 0 Å². The number of benzene rings is 1. The number of hydrogen-bond donors (Lipinski definition) is 1. The lowest BCUT2D eigenvalue weighted by atomic mass is 9.86. The van der Waals surface area contributed by atoms with Crippen LogP contribution in [0.5, 0.6) is 0 Å². The summed E-state index contributed by atoms with van der Waals surface area (Å²) in [4.78, 5) is 1.39. The van der Waals surface area contributed by atoms with E-state index >= 15 is 0 Å². The van der Waals surface area contributed by atoms with Gasteiger partial charge in [-0.05, 0) is 41.8 Å². The molecule has 0 bridgehead atoms. The molecule has 0 amide bonds. The predicted molar refractivity (Wildman–Crippen MR) is 89.4 cm³/mol. The summed E-state index contributed by atoms with van der Waals surface area (Å²) in [6, 6.07) is 14.1. The lowest BCUT2D eigenvalue weighted by Gasteiger charge is -2.22. The highest BCUT2D eigenvalue weighted by molar-refractivity contribution is 7.10. The molecule has 0 aliphatic heterocycles. The first-order chi connectivity index (χ1) is 9.38. The Morgan fingerprint density at radius 2 is 1.60 bits per heavy atom. The van der Waals surface area contributed by atoms with Crippen LogP contribution in [0.25, 0.3) is 0 Å². The monoisotopic (exact) mass is 287 g/mol. The molecule has 20 heavy (non-hydrogen) atoms. The van der Waals surface area contributed by atoms with Crippen molar-refractivity contribution in [2.75, 3.05) is 0 Å². The molecule has 0 aliphatic carbocycles. The molecule has 1 aromatic carbocycles. The van der Waals surface area contributed by atoms with E-state index in [1.165, 1.54) is 16.0 Å². The van der Waals surface area contributed by atoms with Gasteiger partial charge in [0, 0.05) is 17.0 Å². The Labute approximate surface area is 127 Å². The fourth-order valence-electron chi connectivity index (χ4n) is 2.36. The number of nitrogens with one attached hydrogen (secondary N) is 1. The molecule has 0 saturated heterocycles. The maximum absolute atomic E-state index is 3.67. The summed E-state index contributed by atoms with van der Waals surface area (Å²) in [5.74, 6) is 0. The van der Waals surface area contributed by atoms with E-state index in [1.54, 1.807) is 0 Å². The Balaban J connectivity index is 2.04. The first-order valence-corrected chi connectivity index (χ1v) is 8.16. The summed E-state index contributed by atoms with van der Waals surface area (Å²) in [6.45, 7) is 11.2. The summed E-state index contributed by atoms with van der Waals surface area (Å²) in [7, 11) is 0. The summed E-state index contributed by atoms with van der Waals surface area (Å²) in [6.07, 6.45) is 0. The van der Waals surface area contributed by atoms with E-state index in [0.717, 1.165) is 0 Å². The molecule has 1 heterocycles. The molecule has 1 aromatic heterocycles. The van der Waals surface area contributed by atoms with Crippen molar-refractivity contribution in [1.29, 1.82) is 0 Å². The molecule has 0 aliphatic rings. The van der Waals surface area contributed by atoms with Crippen molar-refractivity contribution in [3.63, 3.8) is 0 Å². The average Bonchev–Trinajstić information content (AvgIpc) is 2.91. The topological polar surface area (TPSA) is 12.0 Å². The third-order valence-electron chi connectivity index (χ3n) is 3.75. The van der Waals surface area contributed by atoms with Gasteiger partial charge in [0.25, 0.3) is 0 Å². The second kappa shape index (κ2) is 6.11. The lowest BCUT2D eigenvalue weighted by Crippen LogP contribution is -2.22. The van der Waals surface area contributed by atoms with Crippen LogP contribution >= 0.6 is 11.3 Å². The van der Waals surface area contributed by atoms with Crippen molar-refractivity contribution in [1.82, 2.24) is 5.32 Å². The highest BCUT2D eigenvalue weighted by Crippen LogP contribution is 2.26. The van der Waals surface area contributed by atoms with E-state index in [4.69, 9.17) is 0 Å². The zero-order valence-electron chi connectivity index (χ0n) is 13.1. The fourth-order valence-corrected chi connectivity index (χ4v) is 3.11. The summed E-state index contributed by atoms with van der Waals surface area (Å²) in [5, 5.41) is 5.80. The summed E-state index contributed by atoms with van der Waals surface area (Å²) < 4.78 is 0. The zero-order chi connectivity index (χ0) is 14.8. The van der Waals surface area contributed by atoms with Crippen molar-refractivity contribution in [2.45, 2.75) is 52.1 Å². The molecule has 1 unspecified atom stereocenters. The van der Waals surface area contributed by atoms with Crippen LogP contribution < -0.4 is 5.32 Å². The van der Waals surface area contributed by atoms with Crippen molar-refractivity contribution < 1.29 is 0 Å². The molecule has 0 spiro atoms. The van der Waals surface area contributed by atoms with Gasteiger partial charge in [0.2, 0.25) is 0 Å². The SMILES string of the molecule is CC(N[C@H](C)c1cccs1)c1ccc(C(C)(C)C)cc1. The first kappa shape index (κ1) is 15.3. The Kier molecular flexibility index (Phi) is 4.66. The maximum Gasteiger partial charge on any atom is 0.0391 e. The van der Waals surface area contributed by atoms with E-state index in [1.807, 2.05) is 11.3 Å². The van der Waals surface area contributed by atoms with Crippen LogP contribution in [-0.4, -0.2) is 0 Å². The fraction of sp³-hybridized carbons (Fsp3) is 0.444. The van der Waals surface area contributed by atoms with Gasteiger partial charge in [0.1, 0.15) is 0 Å². The Morgan fingerprint density at radius 3 is 2.10 bits per heavy atom. The van der Waals surface area contributed by atoms with Gasteiger partial charge in [-0.25, -0.2) is 0 Å². The largest absolute Gasteiger partial charge is 0.303 e. The van der Waals surface area contributed by atoms with Crippen LogP contribution in [0.3, 0.4) is 0 Å². The molecule has 2 heteroatoms. The molecule has 2 atom stereocenters. The van der Waals surface area contributed by atoms with Crippen LogP contribution in [0, 0.1) is 0 Å². The van der Waals surface area contributed by atoms with Gasteiger partial charge in [-0.2, -0.15) is 0 Å².